The first-order valence-corrected chi connectivity index (χ1v) is 0.561. The number of hydrogen-bond donors (Lipinski definition) is 0. The van der Waals surface area contributed by atoms with E-state index >= 15 is 0 Å². The molecular weight excluding hydrogens is 141 g/mol. The van der Waals surface area contributed by atoms with Gasteiger partial charge in [-0.05, 0) is 0 Å². The van der Waals surface area contributed by atoms with Gasteiger partial charge >= 0.3 is 38.4 Å². The summed E-state index contributed by atoms with van der Waals surface area (Å²) in [4.78, 5) is 0. The summed E-state index contributed by atoms with van der Waals surface area (Å²) in [5.74, 6) is 0. The zero-order valence-electron chi connectivity index (χ0n) is 1.07. The Kier molecular flexibility index (Phi) is 117. The van der Waals surface area contributed by atoms with E-state index in [1.54, 1.807) is 0 Å². The van der Waals surface area contributed by atoms with Crippen LogP contribution in [0.3, 0.4) is 0 Å². The van der Waals surface area contributed by atoms with E-state index < -0.39 is 0 Å². The zero-order valence-corrected chi connectivity index (χ0v) is 3.16. The third kappa shape index (κ3) is 9.96. The second kappa shape index (κ2) is 25.8. The Hall–Kier alpha value is 1.41. The van der Waals surface area contributed by atoms with E-state index in [1.165, 1.54) is 0 Å². The number of rotatable bonds is 0. The molecule has 0 fully saturated rings. The van der Waals surface area contributed by atoms with Crippen molar-refractivity contribution in [2.24, 2.45) is 0 Å². The topological polar surface area (TPSA) is 17.1 Å². The third-order valence-corrected chi connectivity index (χ3v) is 0. The first kappa shape index (κ1) is 18.1. The van der Waals surface area contributed by atoms with Crippen molar-refractivity contribution in [2.75, 3.05) is 0 Å². The van der Waals surface area contributed by atoms with Crippen LogP contribution in [0.15, 0.2) is 0 Å². The average molecular weight is 142 g/mol. The standard InChI is InChI=1S/2Co.Li.O.H. The number of hydrogen-bond acceptors (Lipinski definition) is 1. The molecule has 1 nitrogen and oxygen atoms in total. The maximum absolute atomic E-state index is 7.94. The van der Waals surface area contributed by atoms with Gasteiger partial charge < -0.3 is 0 Å². The van der Waals surface area contributed by atoms with E-state index in [4.69, 9.17) is 3.87 Å². The fraction of sp³-hybridized carbons (Fsp3) is 0. The quantitative estimate of drug-likeness (QED) is 0.405. The first-order chi connectivity index (χ1) is 1.00. The van der Waals surface area contributed by atoms with Gasteiger partial charge in [-0.15, -0.1) is 0 Å². The summed E-state index contributed by atoms with van der Waals surface area (Å²) in [7, 11) is 0. The van der Waals surface area contributed by atoms with Crippen LogP contribution in [0.25, 0.3) is 0 Å². The van der Waals surface area contributed by atoms with Crippen LogP contribution in [-0.4, -0.2) is 18.9 Å². The van der Waals surface area contributed by atoms with E-state index in [9.17, 15) is 0 Å². The second-order valence-electron chi connectivity index (χ2n) is 0. The third-order valence-electron chi connectivity index (χ3n) is 0. The van der Waals surface area contributed by atoms with Gasteiger partial charge in [0.05, 0.1) is 0 Å². The van der Waals surface area contributed by atoms with E-state index in [-0.39, 0.29) is 35.6 Å². The molecule has 0 unspecified atom stereocenters. The zero-order chi connectivity index (χ0) is 2.00. The van der Waals surface area contributed by atoms with E-state index in [2.05, 4.69) is 15.7 Å². The molecule has 4 heavy (non-hydrogen) atoms. The minimum absolute atomic E-state index is 0. The van der Waals surface area contributed by atoms with Crippen LogP contribution in [0.1, 0.15) is 0 Å². The molecule has 0 heterocycles. The molecule has 0 aromatic heterocycles. The fourth-order valence-corrected chi connectivity index (χ4v) is 0. The Morgan fingerprint density at radius 2 is 1.25 bits per heavy atom. The van der Waals surface area contributed by atoms with E-state index in [0.717, 1.165) is 0 Å². The van der Waals surface area contributed by atoms with Gasteiger partial charge in [-0.2, -0.15) is 0 Å². The molecule has 0 aliphatic carbocycles. The van der Waals surface area contributed by atoms with Crippen LogP contribution < -0.4 is 0 Å². The normalized spacial score (nSPS) is 1.25. The van der Waals surface area contributed by atoms with E-state index in [1.807, 2.05) is 0 Å². The molecule has 0 aliphatic rings. The Bertz CT molecular complexity index is 6.00. The van der Waals surface area contributed by atoms with Crippen LogP contribution in [0.2, 0.25) is 0 Å². The van der Waals surface area contributed by atoms with Crippen LogP contribution in [0.4, 0.5) is 0 Å². The van der Waals surface area contributed by atoms with Crippen molar-refractivity contribution >= 4 is 18.9 Å². The maximum atomic E-state index is 7.94. The predicted octanol–water partition coefficient (Wildman–Crippen LogP) is -0.772. The van der Waals surface area contributed by atoms with Gasteiger partial charge in [-0.1, -0.05) is 0 Å². The summed E-state index contributed by atoms with van der Waals surface area (Å²) < 4.78 is 7.94. The molecule has 0 atom stereocenters. The molecule has 0 rings (SSSR count). The molecule has 0 saturated heterocycles. The predicted molar refractivity (Wildman–Crippen MR) is 7.84 cm³/mol. The molecule has 26 valence electrons. The van der Waals surface area contributed by atoms with Crippen molar-refractivity contribution in [3.8, 4) is 0 Å². The van der Waals surface area contributed by atoms with E-state index in [0.29, 0.717) is 0 Å². The Morgan fingerprint density at radius 3 is 1.25 bits per heavy atom. The summed E-state index contributed by atoms with van der Waals surface area (Å²) in [6.07, 6.45) is 0. The summed E-state index contributed by atoms with van der Waals surface area (Å²) in [6, 6.07) is 0. The van der Waals surface area contributed by atoms with Gasteiger partial charge in [0.1, 0.15) is 0 Å². The molecule has 0 aromatic rings. The molecule has 0 amide bonds. The molecule has 0 aliphatic heterocycles. The van der Waals surface area contributed by atoms with Crippen LogP contribution in [-0.2, 0) is 36.3 Å². The van der Waals surface area contributed by atoms with Crippen LogP contribution in [0, 0.1) is 0 Å². The van der Waals surface area contributed by atoms with Gasteiger partial charge in [0.2, 0.25) is 0 Å². The summed E-state index contributed by atoms with van der Waals surface area (Å²) in [5, 5.41) is 0. The van der Waals surface area contributed by atoms with Crippen molar-refractivity contribution in [1.82, 2.24) is 0 Å². The SMILES string of the molecule is [Co].[LiH].[O]=[Co]. The van der Waals surface area contributed by atoms with Gasteiger partial charge in [0.15, 0.2) is 0 Å². The molecular formula is HCo2LiO. The Morgan fingerprint density at radius 1 is 1.25 bits per heavy atom. The van der Waals surface area contributed by atoms with Crippen LogP contribution >= 0.6 is 0 Å². The second-order valence-corrected chi connectivity index (χ2v) is 0. The van der Waals surface area contributed by atoms with Gasteiger partial charge in [-0.3, -0.25) is 0 Å². The molecule has 0 saturated carbocycles. The van der Waals surface area contributed by atoms with Crippen molar-refractivity contribution in [2.45, 2.75) is 0 Å². The Labute approximate surface area is 55.1 Å². The van der Waals surface area contributed by atoms with Crippen molar-refractivity contribution < 1.29 is 36.3 Å². The van der Waals surface area contributed by atoms with Crippen LogP contribution in [0.5, 0.6) is 0 Å². The van der Waals surface area contributed by atoms with Gasteiger partial charge in [0.25, 0.3) is 0 Å². The molecule has 0 N–H and O–H groups in total. The molecule has 1 radical (unpaired) electrons. The van der Waals surface area contributed by atoms with Gasteiger partial charge in [-0.25, -0.2) is 0 Å². The first-order valence-electron chi connectivity index (χ1n) is 0.136. The van der Waals surface area contributed by atoms with Crippen molar-refractivity contribution in [1.29, 1.82) is 0 Å². The molecule has 0 spiro atoms. The molecule has 0 bridgehead atoms. The average Bonchev–Trinajstić information content (AvgIpc) is 1.00. The monoisotopic (exact) mass is 142 g/mol. The van der Waals surface area contributed by atoms with Gasteiger partial charge in [0, 0.05) is 16.8 Å². The summed E-state index contributed by atoms with van der Waals surface area (Å²) >= 11 is 2.31. The van der Waals surface area contributed by atoms with Crippen molar-refractivity contribution in [3.63, 3.8) is 0 Å². The fourth-order valence-electron chi connectivity index (χ4n) is 0. The molecule has 4 heteroatoms. The summed E-state index contributed by atoms with van der Waals surface area (Å²) in [6.45, 7) is 0. The molecule has 0 aromatic carbocycles. The Balaban J connectivity index is -0.00000000500. The minimum atomic E-state index is 0. The van der Waals surface area contributed by atoms with Crippen molar-refractivity contribution in [3.05, 3.63) is 0 Å². The summed E-state index contributed by atoms with van der Waals surface area (Å²) in [5.41, 5.74) is 0.